The number of benzene rings is 2. The predicted molar refractivity (Wildman–Crippen MR) is 129 cm³/mol. The van der Waals surface area contributed by atoms with Gasteiger partial charge in [-0.3, -0.25) is 4.90 Å². The highest BCUT2D eigenvalue weighted by Gasteiger charge is 2.42. The second kappa shape index (κ2) is 8.43. The minimum atomic E-state index is -0.381. The quantitative estimate of drug-likeness (QED) is 0.616. The number of ether oxygens (including phenoxy) is 1. The fraction of sp³-hybridized carbons (Fsp3) is 0.536. The van der Waals surface area contributed by atoms with E-state index in [-0.39, 0.29) is 29.5 Å². The van der Waals surface area contributed by atoms with Crippen LogP contribution in [0.1, 0.15) is 69.2 Å². The van der Waals surface area contributed by atoms with E-state index in [0.29, 0.717) is 17.4 Å². The molecule has 6 rings (SSSR count). The normalized spacial score (nSPS) is 27.5. The molecule has 1 unspecified atom stereocenters. The Bertz CT molecular complexity index is 1040. The number of fused-ring (bicyclic) bond motifs is 4. The van der Waals surface area contributed by atoms with Gasteiger partial charge >= 0.3 is 6.09 Å². The van der Waals surface area contributed by atoms with Crippen molar-refractivity contribution in [3.05, 3.63) is 58.9 Å². The number of amides is 1. The minimum Gasteiger partial charge on any atom is -0.445 e. The third-order valence-corrected chi connectivity index (χ3v) is 7.97. The van der Waals surface area contributed by atoms with Gasteiger partial charge in [0.1, 0.15) is 11.9 Å². The molecule has 3 fully saturated rings. The van der Waals surface area contributed by atoms with Crippen LogP contribution in [0.2, 0.25) is 0 Å². The number of carbonyl (C=O) groups is 1. The fourth-order valence-electron chi connectivity index (χ4n) is 5.94. The first-order valence-electron chi connectivity index (χ1n) is 12.3. The summed E-state index contributed by atoms with van der Waals surface area (Å²) in [5.74, 6) is 0.658. The average molecular weight is 451 g/mol. The molecular weight excluding hydrogens is 415 g/mol. The van der Waals surface area contributed by atoms with Gasteiger partial charge in [0.05, 0.1) is 6.04 Å². The molecule has 0 spiro atoms. The zero-order valence-corrected chi connectivity index (χ0v) is 20.2. The summed E-state index contributed by atoms with van der Waals surface area (Å²) < 4.78 is 21.1. The molecule has 4 aliphatic rings. The summed E-state index contributed by atoms with van der Waals surface area (Å²) in [6, 6.07) is 11.5. The molecule has 33 heavy (non-hydrogen) atoms. The van der Waals surface area contributed by atoms with Crippen LogP contribution in [-0.2, 0) is 11.2 Å². The topological polar surface area (TPSA) is 41.6 Å². The van der Waals surface area contributed by atoms with Crippen LogP contribution < -0.4 is 5.32 Å². The maximum Gasteiger partial charge on any atom is 0.407 e. The number of hydrogen-bond acceptors (Lipinski definition) is 3. The van der Waals surface area contributed by atoms with Gasteiger partial charge in [-0.1, -0.05) is 52.0 Å². The minimum absolute atomic E-state index is 0.0376. The van der Waals surface area contributed by atoms with E-state index in [1.165, 1.54) is 5.56 Å². The van der Waals surface area contributed by atoms with Crippen molar-refractivity contribution in [3.63, 3.8) is 0 Å². The van der Waals surface area contributed by atoms with Gasteiger partial charge in [0, 0.05) is 12.1 Å². The highest BCUT2D eigenvalue weighted by atomic mass is 19.1. The summed E-state index contributed by atoms with van der Waals surface area (Å²) >= 11 is 0. The lowest BCUT2D eigenvalue weighted by Crippen LogP contribution is -2.53. The average Bonchev–Trinajstić information content (AvgIpc) is 3.03. The van der Waals surface area contributed by atoms with Crippen LogP contribution in [0, 0.1) is 17.2 Å². The Morgan fingerprint density at radius 3 is 2.45 bits per heavy atom. The molecular formula is C28H35FN2O2. The number of nitrogens with zero attached hydrogens (tertiary/aromatic N) is 1. The Balaban J connectivity index is 1.35. The molecule has 1 aliphatic carbocycles. The summed E-state index contributed by atoms with van der Waals surface area (Å²) in [5.41, 5.74) is 4.49. The fourth-order valence-corrected chi connectivity index (χ4v) is 5.94. The zero-order valence-electron chi connectivity index (χ0n) is 20.2. The zero-order chi connectivity index (χ0) is 23.3. The van der Waals surface area contributed by atoms with Crippen molar-refractivity contribution in [1.82, 2.24) is 10.2 Å². The highest BCUT2D eigenvalue weighted by Crippen LogP contribution is 2.47. The molecule has 0 aromatic heterocycles. The largest absolute Gasteiger partial charge is 0.445 e. The van der Waals surface area contributed by atoms with Gasteiger partial charge < -0.3 is 10.1 Å². The van der Waals surface area contributed by atoms with Gasteiger partial charge in [-0.2, -0.15) is 0 Å². The van der Waals surface area contributed by atoms with E-state index in [2.05, 4.69) is 50.0 Å². The lowest BCUT2D eigenvalue weighted by atomic mass is 9.85. The molecule has 2 aromatic rings. The third-order valence-electron chi connectivity index (χ3n) is 7.97. The first kappa shape index (κ1) is 22.4. The van der Waals surface area contributed by atoms with Gasteiger partial charge in [-0.25, -0.2) is 9.18 Å². The molecule has 1 amide bonds. The Labute approximate surface area is 196 Å². The van der Waals surface area contributed by atoms with E-state index in [4.69, 9.17) is 4.74 Å². The van der Waals surface area contributed by atoms with Crippen molar-refractivity contribution in [2.75, 3.05) is 19.6 Å². The Morgan fingerprint density at radius 2 is 1.85 bits per heavy atom. The Morgan fingerprint density at radius 1 is 1.15 bits per heavy atom. The second-order valence-corrected chi connectivity index (χ2v) is 11.1. The standard InChI is InChI=1S/C28H35FN2O2/c1-17(2)18-5-7-19(8-6-18)22-13-21-15-28(3,4)26(23(21)14-24(22)29)30-27(32)33-25-16-31-11-9-20(25)10-12-31/h5-8,13-14,17,20,25-26H,9-12,15-16H2,1-4H3,(H,30,32)/t25-,26?/m1/s1. The van der Waals surface area contributed by atoms with E-state index < -0.39 is 0 Å². The monoisotopic (exact) mass is 450 g/mol. The molecule has 0 radical (unpaired) electrons. The third kappa shape index (κ3) is 4.28. The number of rotatable bonds is 4. The summed E-state index contributed by atoms with van der Waals surface area (Å²) in [4.78, 5) is 15.2. The molecule has 3 aliphatic heterocycles. The van der Waals surface area contributed by atoms with E-state index in [0.717, 1.165) is 55.6 Å². The van der Waals surface area contributed by atoms with E-state index in [1.54, 1.807) is 6.07 Å². The van der Waals surface area contributed by atoms with Crippen LogP contribution in [-0.4, -0.2) is 36.7 Å². The summed E-state index contributed by atoms with van der Waals surface area (Å²) in [6.45, 7) is 11.6. The van der Waals surface area contributed by atoms with Crippen molar-refractivity contribution < 1.29 is 13.9 Å². The van der Waals surface area contributed by atoms with Gasteiger partial charge in [-0.05, 0) is 84.0 Å². The van der Waals surface area contributed by atoms with Crippen LogP contribution >= 0.6 is 0 Å². The van der Waals surface area contributed by atoms with Crippen LogP contribution in [0.3, 0.4) is 0 Å². The lowest BCUT2D eigenvalue weighted by molar-refractivity contribution is -0.0349. The van der Waals surface area contributed by atoms with E-state index in [1.807, 2.05) is 18.2 Å². The predicted octanol–water partition coefficient (Wildman–Crippen LogP) is 6.06. The second-order valence-electron chi connectivity index (χ2n) is 11.1. The van der Waals surface area contributed by atoms with Crippen molar-refractivity contribution in [1.29, 1.82) is 0 Å². The van der Waals surface area contributed by atoms with Crippen LogP contribution in [0.4, 0.5) is 9.18 Å². The first-order valence-corrected chi connectivity index (χ1v) is 12.3. The maximum absolute atomic E-state index is 15.3. The van der Waals surface area contributed by atoms with Crippen LogP contribution in [0.5, 0.6) is 0 Å². The molecule has 3 saturated heterocycles. The number of piperidine rings is 3. The molecule has 1 N–H and O–H groups in total. The smallest absolute Gasteiger partial charge is 0.407 e. The number of hydrogen-bond donors (Lipinski definition) is 1. The number of halogens is 1. The molecule has 2 atom stereocenters. The molecule has 0 saturated carbocycles. The van der Waals surface area contributed by atoms with Crippen molar-refractivity contribution in [2.45, 2.75) is 65.0 Å². The van der Waals surface area contributed by atoms with Crippen molar-refractivity contribution in [3.8, 4) is 11.1 Å². The highest BCUT2D eigenvalue weighted by molar-refractivity contribution is 5.70. The molecule has 4 nitrogen and oxygen atoms in total. The molecule has 176 valence electrons. The number of alkyl carbamates (subject to hydrolysis) is 1. The van der Waals surface area contributed by atoms with Crippen LogP contribution in [0.25, 0.3) is 11.1 Å². The summed E-state index contributed by atoms with van der Waals surface area (Å²) in [6.07, 6.45) is 2.56. The first-order chi connectivity index (χ1) is 15.7. The van der Waals surface area contributed by atoms with Gasteiger partial charge in [0.25, 0.3) is 0 Å². The van der Waals surface area contributed by atoms with Gasteiger partial charge in [0.15, 0.2) is 0 Å². The number of nitrogens with one attached hydrogen (secondary N) is 1. The summed E-state index contributed by atoms with van der Waals surface area (Å²) in [7, 11) is 0. The summed E-state index contributed by atoms with van der Waals surface area (Å²) in [5, 5.41) is 3.09. The Kier molecular flexibility index (Phi) is 5.72. The molecule has 2 aromatic carbocycles. The SMILES string of the molecule is CC(C)c1ccc(-c2cc3c(cc2F)C(NC(=O)O[C@@H]2CN4CCC2CC4)C(C)(C)C3)cc1. The molecule has 2 bridgehead atoms. The molecule has 5 heteroatoms. The Hall–Kier alpha value is -2.40. The van der Waals surface area contributed by atoms with Gasteiger partial charge in [-0.15, -0.1) is 0 Å². The lowest BCUT2D eigenvalue weighted by Gasteiger charge is -2.44. The van der Waals surface area contributed by atoms with Gasteiger partial charge in [0.2, 0.25) is 0 Å². The molecule has 3 heterocycles. The van der Waals surface area contributed by atoms with Crippen molar-refractivity contribution >= 4 is 6.09 Å². The maximum atomic E-state index is 15.3. The van der Waals surface area contributed by atoms with Crippen LogP contribution in [0.15, 0.2) is 36.4 Å². The number of carbonyl (C=O) groups excluding carboxylic acids is 1. The van der Waals surface area contributed by atoms with E-state index >= 15 is 4.39 Å². The van der Waals surface area contributed by atoms with E-state index in [9.17, 15) is 4.79 Å². The van der Waals surface area contributed by atoms with Crippen molar-refractivity contribution in [2.24, 2.45) is 11.3 Å².